The molecule has 0 atom stereocenters. The number of anilines is 1. The third-order valence-corrected chi connectivity index (χ3v) is 8.07. The molecule has 0 aliphatic carbocycles. The molecule has 0 radical (unpaired) electrons. The molecule has 0 spiro atoms. The smallest absolute Gasteiger partial charge is 0.293 e. The summed E-state index contributed by atoms with van der Waals surface area (Å²) in [6.07, 6.45) is 1.65. The molecule has 3 aromatic rings. The lowest BCUT2D eigenvalue weighted by Gasteiger charge is -2.14. The molecule has 3 aromatic carbocycles. The van der Waals surface area contributed by atoms with Crippen molar-refractivity contribution in [1.82, 2.24) is 4.90 Å². The first-order valence-corrected chi connectivity index (χ1v) is 13.4. The van der Waals surface area contributed by atoms with Gasteiger partial charge in [0.15, 0.2) is 18.1 Å². The van der Waals surface area contributed by atoms with Crippen LogP contribution < -0.4 is 14.8 Å². The van der Waals surface area contributed by atoms with Gasteiger partial charge in [-0.3, -0.25) is 19.3 Å². The summed E-state index contributed by atoms with van der Waals surface area (Å²) in [5.41, 5.74) is 5.35. The zero-order valence-corrected chi connectivity index (χ0v) is 23.9. The van der Waals surface area contributed by atoms with Gasteiger partial charge in [-0.05, 0) is 90.7 Å². The fraction of sp³-hybridized carbons (Fsp3) is 0.207. The third kappa shape index (κ3) is 6.11. The van der Waals surface area contributed by atoms with E-state index in [1.807, 2.05) is 57.2 Å². The second-order valence-electron chi connectivity index (χ2n) is 8.79. The Morgan fingerprint density at radius 1 is 1.03 bits per heavy atom. The summed E-state index contributed by atoms with van der Waals surface area (Å²) in [6.45, 7) is 5.89. The molecule has 1 saturated heterocycles. The Morgan fingerprint density at radius 2 is 1.79 bits per heavy atom. The fourth-order valence-corrected chi connectivity index (χ4v) is 5.16. The lowest BCUT2D eigenvalue weighted by molar-refractivity contribution is -0.123. The molecule has 9 heteroatoms. The molecule has 7 nitrogen and oxygen atoms in total. The minimum absolute atomic E-state index is 0.206. The normalized spacial score (nSPS) is 14.2. The number of benzene rings is 3. The molecule has 1 aliphatic rings. The van der Waals surface area contributed by atoms with Gasteiger partial charge in [0.25, 0.3) is 17.1 Å². The van der Waals surface area contributed by atoms with E-state index < -0.39 is 0 Å². The van der Waals surface area contributed by atoms with Gasteiger partial charge >= 0.3 is 0 Å². The van der Waals surface area contributed by atoms with E-state index in [4.69, 9.17) is 9.47 Å². The highest BCUT2D eigenvalue weighted by atomic mass is 79.9. The lowest BCUT2D eigenvalue weighted by atomic mass is 10.1. The van der Waals surface area contributed by atoms with Crippen molar-refractivity contribution < 1.29 is 23.9 Å². The molecule has 4 rings (SSSR count). The number of methoxy groups -OCH3 is 1. The van der Waals surface area contributed by atoms with Gasteiger partial charge in [0, 0.05) is 10.2 Å². The van der Waals surface area contributed by atoms with E-state index in [9.17, 15) is 14.4 Å². The Labute approximate surface area is 234 Å². The number of amides is 3. The molecule has 38 heavy (non-hydrogen) atoms. The first-order chi connectivity index (χ1) is 18.2. The first-order valence-electron chi connectivity index (χ1n) is 11.8. The highest BCUT2D eigenvalue weighted by Gasteiger charge is 2.35. The van der Waals surface area contributed by atoms with Crippen molar-refractivity contribution in [2.24, 2.45) is 0 Å². The van der Waals surface area contributed by atoms with Crippen LogP contribution in [-0.2, 0) is 16.1 Å². The maximum atomic E-state index is 13.0. The topological polar surface area (TPSA) is 84.9 Å². The summed E-state index contributed by atoms with van der Waals surface area (Å²) < 4.78 is 12.1. The van der Waals surface area contributed by atoms with Gasteiger partial charge in [-0.15, -0.1) is 0 Å². The van der Waals surface area contributed by atoms with Crippen molar-refractivity contribution in [3.8, 4) is 11.5 Å². The molecular weight excluding hydrogens is 568 g/mol. The Balaban J connectivity index is 1.43. The highest BCUT2D eigenvalue weighted by Crippen LogP contribution is 2.35. The number of halogens is 1. The molecule has 1 aliphatic heterocycles. The van der Waals surface area contributed by atoms with Crippen molar-refractivity contribution in [1.29, 1.82) is 0 Å². The minimum atomic E-state index is -0.335. The van der Waals surface area contributed by atoms with Gasteiger partial charge in [-0.1, -0.05) is 46.3 Å². The van der Waals surface area contributed by atoms with E-state index >= 15 is 0 Å². The minimum Gasteiger partial charge on any atom is -0.493 e. The highest BCUT2D eigenvalue weighted by molar-refractivity contribution is 9.10. The number of nitrogens with zero attached hydrogens (tertiary/aromatic N) is 1. The van der Waals surface area contributed by atoms with E-state index in [2.05, 4.69) is 21.2 Å². The van der Waals surface area contributed by atoms with Gasteiger partial charge < -0.3 is 14.8 Å². The molecule has 0 saturated carbocycles. The van der Waals surface area contributed by atoms with E-state index in [1.165, 1.54) is 12.0 Å². The standard InChI is InChI=1S/C29H27BrN2O5S/c1-17-7-5-6-8-21(17)15-32-28(34)26(38-29(32)35)14-20-9-12-24(25(13-20)36-4)37-16-27(33)31-23-11-10-22(30)18(2)19(23)3/h5-14H,15-16H2,1-4H3,(H,31,33)/b26-14-. The molecule has 3 amide bonds. The SMILES string of the molecule is COc1cc(/C=C2\SC(=O)N(Cc3ccccc3C)C2=O)ccc1OCC(=O)Nc1ccc(Br)c(C)c1C. The molecule has 0 unspecified atom stereocenters. The van der Waals surface area contributed by atoms with Crippen LogP contribution >= 0.6 is 27.7 Å². The molecule has 0 bridgehead atoms. The Hall–Kier alpha value is -3.56. The summed E-state index contributed by atoms with van der Waals surface area (Å²) in [4.78, 5) is 39.6. The summed E-state index contributed by atoms with van der Waals surface area (Å²) in [5.74, 6) is 0.151. The number of hydrogen-bond acceptors (Lipinski definition) is 6. The van der Waals surface area contributed by atoms with Gasteiger partial charge in [0.1, 0.15) is 0 Å². The van der Waals surface area contributed by atoms with Crippen LogP contribution in [0.25, 0.3) is 6.08 Å². The number of nitrogens with one attached hydrogen (secondary N) is 1. The number of carbonyl (C=O) groups is 3. The number of rotatable bonds is 8. The van der Waals surface area contributed by atoms with Crippen LogP contribution in [0, 0.1) is 20.8 Å². The van der Waals surface area contributed by atoms with Crippen molar-refractivity contribution in [3.05, 3.63) is 91.8 Å². The van der Waals surface area contributed by atoms with Crippen LogP contribution in [-0.4, -0.2) is 35.7 Å². The summed E-state index contributed by atoms with van der Waals surface area (Å²) in [5, 5.41) is 2.56. The summed E-state index contributed by atoms with van der Waals surface area (Å²) in [6, 6.07) is 16.5. The van der Waals surface area contributed by atoms with Crippen LogP contribution in [0.3, 0.4) is 0 Å². The van der Waals surface area contributed by atoms with E-state index in [-0.39, 0.29) is 30.2 Å². The van der Waals surface area contributed by atoms with Crippen molar-refractivity contribution >= 4 is 56.5 Å². The van der Waals surface area contributed by atoms with Crippen LogP contribution in [0.5, 0.6) is 11.5 Å². The number of aryl methyl sites for hydroxylation is 1. The second-order valence-corrected chi connectivity index (χ2v) is 10.6. The van der Waals surface area contributed by atoms with Gasteiger partial charge in [-0.25, -0.2) is 0 Å². The number of hydrogen-bond donors (Lipinski definition) is 1. The number of imide groups is 1. The van der Waals surface area contributed by atoms with Crippen molar-refractivity contribution in [3.63, 3.8) is 0 Å². The monoisotopic (exact) mass is 594 g/mol. The van der Waals surface area contributed by atoms with Crippen LogP contribution in [0.1, 0.15) is 27.8 Å². The van der Waals surface area contributed by atoms with E-state index in [1.54, 1.807) is 24.3 Å². The van der Waals surface area contributed by atoms with Gasteiger partial charge in [0.05, 0.1) is 18.6 Å². The summed E-state index contributed by atoms with van der Waals surface area (Å²) >= 11 is 4.40. The van der Waals surface area contributed by atoms with Gasteiger partial charge in [0.2, 0.25) is 0 Å². The molecule has 196 valence electrons. The lowest BCUT2D eigenvalue weighted by Crippen LogP contribution is -2.27. The van der Waals surface area contributed by atoms with Crippen molar-refractivity contribution in [2.75, 3.05) is 19.0 Å². The Bertz CT molecular complexity index is 1450. The Morgan fingerprint density at radius 3 is 2.53 bits per heavy atom. The second kappa shape index (κ2) is 11.9. The zero-order valence-electron chi connectivity index (χ0n) is 21.5. The van der Waals surface area contributed by atoms with Crippen LogP contribution in [0.15, 0.2) is 64.0 Å². The van der Waals surface area contributed by atoms with E-state index in [0.717, 1.165) is 44.2 Å². The first kappa shape index (κ1) is 27.5. The number of carbonyl (C=O) groups excluding carboxylic acids is 3. The zero-order chi connectivity index (χ0) is 27.4. The number of ether oxygens (including phenoxy) is 2. The molecule has 0 aromatic heterocycles. The maximum Gasteiger partial charge on any atom is 0.293 e. The Kier molecular flexibility index (Phi) is 8.58. The molecule has 1 N–H and O–H groups in total. The average molecular weight is 596 g/mol. The predicted molar refractivity (Wildman–Crippen MR) is 153 cm³/mol. The average Bonchev–Trinajstić information content (AvgIpc) is 3.16. The molecule has 1 fully saturated rings. The predicted octanol–water partition coefficient (Wildman–Crippen LogP) is 6.64. The fourth-order valence-electron chi connectivity index (χ4n) is 3.89. The van der Waals surface area contributed by atoms with Crippen LogP contribution in [0.4, 0.5) is 10.5 Å². The van der Waals surface area contributed by atoms with E-state index in [0.29, 0.717) is 22.0 Å². The largest absolute Gasteiger partial charge is 0.493 e. The van der Waals surface area contributed by atoms with Gasteiger partial charge in [-0.2, -0.15) is 0 Å². The quantitative estimate of drug-likeness (QED) is 0.294. The summed E-state index contributed by atoms with van der Waals surface area (Å²) in [7, 11) is 1.50. The van der Waals surface area contributed by atoms with Crippen LogP contribution in [0.2, 0.25) is 0 Å². The molecular formula is C29H27BrN2O5S. The molecule has 1 heterocycles. The maximum absolute atomic E-state index is 13.0. The number of thioether (sulfide) groups is 1. The third-order valence-electron chi connectivity index (χ3n) is 6.30. The van der Waals surface area contributed by atoms with Crippen molar-refractivity contribution in [2.45, 2.75) is 27.3 Å².